The van der Waals surface area contributed by atoms with Gasteiger partial charge in [-0.2, -0.15) is 5.26 Å². The number of nitriles is 1. The molecule has 7 heteroatoms. The second kappa shape index (κ2) is 7.60. The topological polar surface area (TPSA) is 116 Å². The van der Waals surface area contributed by atoms with Crippen molar-refractivity contribution in [3.05, 3.63) is 78.2 Å². The van der Waals surface area contributed by atoms with Crippen molar-refractivity contribution in [2.24, 2.45) is 0 Å². The fraction of sp³-hybridized carbons (Fsp3) is 0.0476. The van der Waals surface area contributed by atoms with Gasteiger partial charge in [0.25, 0.3) is 0 Å². The molecule has 0 saturated heterocycles. The van der Waals surface area contributed by atoms with Crippen molar-refractivity contribution in [1.29, 1.82) is 5.26 Å². The highest BCUT2D eigenvalue weighted by molar-refractivity contribution is 5.78. The number of nitrogen functional groups attached to an aromatic ring is 1. The Bertz CT molecular complexity index is 1110. The first-order valence-electron chi connectivity index (χ1n) is 8.69. The van der Waals surface area contributed by atoms with Gasteiger partial charge < -0.3 is 16.0 Å². The lowest BCUT2D eigenvalue weighted by molar-refractivity contribution is 1.05. The Kier molecular flexibility index (Phi) is 4.68. The molecule has 4 rings (SSSR count). The van der Waals surface area contributed by atoms with Crippen LogP contribution in [0.2, 0.25) is 0 Å². The van der Waals surface area contributed by atoms with E-state index in [0.29, 0.717) is 34.9 Å². The maximum Gasteiger partial charge on any atom is 0.222 e. The van der Waals surface area contributed by atoms with E-state index in [4.69, 9.17) is 5.73 Å². The first-order chi connectivity index (χ1) is 13.7. The van der Waals surface area contributed by atoms with Gasteiger partial charge >= 0.3 is 0 Å². The van der Waals surface area contributed by atoms with Crippen molar-refractivity contribution < 1.29 is 0 Å². The summed E-state index contributed by atoms with van der Waals surface area (Å²) in [5, 5.41) is 12.7. The van der Waals surface area contributed by atoms with Gasteiger partial charge in [-0.05, 0) is 23.8 Å². The number of rotatable bonds is 5. The summed E-state index contributed by atoms with van der Waals surface area (Å²) in [7, 11) is 0. The van der Waals surface area contributed by atoms with Gasteiger partial charge in [0, 0.05) is 36.3 Å². The number of H-pyrrole nitrogens is 1. The molecule has 0 atom stereocenters. The molecule has 0 unspecified atom stereocenters. The zero-order valence-electron chi connectivity index (χ0n) is 14.9. The van der Waals surface area contributed by atoms with Gasteiger partial charge in [0.05, 0.1) is 11.4 Å². The van der Waals surface area contributed by atoms with Crippen molar-refractivity contribution >= 4 is 11.8 Å². The van der Waals surface area contributed by atoms with Crippen LogP contribution in [0.3, 0.4) is 0 Å². The van der Waals surface area contributed by atoms with Crippen LogP contribution in [0, 0.1) is 11.3 Å². The summed E-state index contributed by atoms with van der Waals surface area (Å²) in [4.78, 5) is 16.2. The van der Waals surface area contributed by atoms with Crippen LogP contribution < -0.4 is 11.1 Å². The van der Waals surface area contributed by atoms with E-state index in [9.17, 15) is 5.26 Å². The van der Waals surface area contributed by atoms with E-state index >= 15 is 0 Å². The zero-order chi connectivity index (χ0) is 19.3. The standard InChI is InChI=1S/C21H17N7/c22-10-17-16(9-19(28-20(17)23)18-7-4-8-24-18)15-12-26-21(27-13-15)25-11-14-5-2-1-3-6-14/h1-9,12-13,24H,11H2,(H2,23,28)(H,25,26,27). The van der Waals surface area contributed by atoms with E-state index in [1.807, 2.05) is 48.5 Å². The molecule has 3 heterocycles. The van der Waals surface area contributed by atoms with E-state index in [1.165, 1.54) is 0 Å². The van der Waals surface area contributed by atoms with Crippen LogP contribution in [0.25, 0.3) is 22.5 Å². The maximum atomic E-state index is 9.52. The molecule has 0 fully saturated rings. The lowest BCUT2D eigenvalue weighted by atomic mass is 10.0. The zero-order valence-corrected chi connectivity index (χ0v) is 14.9. The van der Waals surface area contributed by atoms with Crippen LogP contribution in [0.4, 0.5) is 11.8 Å². The normalized spacial score (nSPS) is 10.4. The Morgan fingerprint density at radius 1 is 1.07 bits per heavy atom. The van der Waals surface area contributed by atoms with Gasteiger partial charge in [0.1, 0.15) is 17.5 Å². The Morgan fingerprint density at radius 3 is 2.54 bits per heavy atom. The number of nitrogens with two attached hydrogens (primary N) is 1. The third kappa shape index (κ3) is 3.52. The molecule has 0 spiro atoms. The first-order valence-corrected chi connectivity index (χ1v) is 8.69. The highest BCUT2D eigenvalue weighted by atomic mass is 15.1. The molecule has 4 aromatic rings. The van der Waals surface area contributed by atoms with E-state index < -0.39 is 0 Å². The Hall–Kier alpha value is -4.18. The highest BCUT2D eigenvalue weighted by Crippen LogP contribution is 2.30. The predicted octanol–water partition coefficient (Wildman–Crippen LogP) is 3.60. The third-order valence-electron chi connectivity index (χ3n) is 4.29. The number of pyridine rings is 1. The van der Waals surface area contributed by atoms with E-state index in [-0.39, 0.29) is 5.82 Å². The summed E-state index contributed by atoms with van der Waals surface area (Å²) in [5.74, 6) is 0.689. The molecule has 0 radical (unpaired) electrons. The Labute approximate surface area is 161 Å². The van der Waals surface area contributed by atoms with Crippen molar-refractivity contribution in [2.45, 2.75) is 6.54 Å². The molecule has 0 amide bonds. The number of benzene rings is 1. The van der Waals surface area contributed by atoms with Crippen LogP contribution >= 0.6 is 0 Å². The summed E-state index contributed by atoms with van der Waals surface area (Å²) in [6.07, 6.45) is 5.16. The molecule has 28 heavy (non-hydrogen) atoms. The average Bonchev–Trinajstić information content (AvgIpc) is 3.28. The minimum absolute atomic E-state index is 0.177. The monoisotopic (exact) mass is 367 g/mol. The molecule has 0 aliphatic rings. The van der Waals surface area contributed by atoms with Crippen molar-refractivity contribution in [2.75, 3.05) is 11.1 Å². The number of nitrogens with one attached hydrogen (secondary N) is 2. The number of nitrogens with zero attached hydrogens (tertiary/aromatic N) is 4. The van der Waals surface area contributed by atoms with Gasteiger partial charge in [0.15, 0.2) is 0 Å². The fourth-order valence-corrected chi connectivity index (χ4v) is 2.87. The lowest BCUT2D eigenvalue weighted by Crippen LogP contribution is -2.04. The van der Waals surface area contributed by atoms with Crippen molar-refractivity contribution in [3.8, 4) is 28.6 Å². The minimum atomic E-state index is 0.177. The number of aromatic amines is 1. The fourth-order valence-electron chi connectivity index (χ4n) is 2.87. The van der Waals surface area contributed by atoms with E-state index in [0.717, 1.165) is 11.3 Å². The van der Waals surface area contributed by atoms with Crippen molar-refractivity contribution in [1.82, 2.24) is 19.9 Å². The molecule has 1 aromatic carbocycles. The number of anilines is 2. The molecule has 0 bridgehead atoms. The first kappa shape index (κ1) is 17.2. The molecule has 0 saturated carbocycles. The molecule has 136 valence electrons. The largest absolute Gasteiger partial charge is 0.383 e. The average molecular weight is 367 g/mol. The molecule has 0 aliphatic heterocycles. The highest BCUT2D eigenvalue weighted by Gasteiger charge is 2.14. The van der Waals surface area contributed by atoms with Gasteiger partial charge in [0.2, 0.25) is 5.95 Å². The second-order valence-electron chi connectivity index (χ2n) is 6.15. The predicted molar refractivity (Wildman–Crippen MR) is 108 cm³/mol. The summed E-state index contributed by atoms with van der Waals surface area (Å²) in [6.45, 7) is 0.628. The lowest BCUT2D eigenvalue weighted by Gasteiger charge is -2.10. The SMILES string of the molecule is N#Cc1c(-c2cnc(NCc3ccccc3)nc2)cc(-c2ccc[nH]2)nc1N. The Morgan fingerprint density at radius 2 is 1.86 bits per heavy atom. The molecule has 3 aromatic heterocycles. The molecular weight excluding hydrogens is 350 g/mol. The number of aromatic nitrogens is 4. The smallest absolute Gasteiger partial charge is 0.222 e. The van der Waals surface area contributed by atoms with E-state index in [2.05, 4.69) is 31.3 Å². The van der Waals surface area contributed by atoms with Crippen LogP contribution in [-0.2, 0) is 6.54 Å². The van der Waals surface area contributed by atoms with Gasteiger partial charge in [-0.25, -0.2) is 15.0 Å². The number of hydrogen-bond acceptors (Lipinski definition) is 6. The summed E-state index contributed by atoms with van der Waals surface area (Å²) in [6, 6.07) is 17.7. The van der Waals surface area contributed by atoms with Gasteiger partial charge in [-0.3, -0.25) is 0 Å². The molecule has 0 aliphatic carbocycles. The maximum absolute atomic E-state index is 9.52. The number of hydrogen-bond donors (Lipinski definition) is 3. The van der Waals surface area contributed by atoms with E-state index in [1.54, 1.807) is 18.6 Å². The molecular formula is C21H17N7. The molecule has 7 nitrogen and oxygen atoms in total. The van der Waals surface area contributed by atoms with Gasteiger partial charge in [-0.1, -0.05) is 30.3 Å². The third-order valence-corrected chi connectivity index (χ3v) is 4.29. The Balaban J connectivity index is 1.62. The minimum Gasteiger partial charge on any atom is -0.383 e. The van der Waals surface area contributed by atoms with Crippen LogP contribution in [0.15, 0.2) is 67.1 Å². The second-order valence-corrected chi connectivity index (χ2v) is 6.15. The van der Waals surface area contributed by atoms with Crippen LogP contribution in [0.5, 0.6) is 0 Å². The summed E-state index contributed by atoms with van der Waals surface area (Å²) < 4.78 is 0. The van der Waals surface area contributed by atoms with Crippen LogP contribution in [-0.4, -0.2) is 19.9 Å². The quantitative estimate of drug-likeness (QED) is 0.496. The van der Waals surface area contributed by atoms with Crippen molar-refractivity contribution in [3.63, 3.8) is 0 Å². The summed E-state index contributed by atoms with van der Waals surface area (Å²) >= 11 is 0. The van der Waals surface area contributed by atoms with Gasteiger partial charge in [-0.15, -0.1) is 0 Å². The molecule has 4 N–H and O–H groups in total. The van der Waals surface area contributed by atoms with Crippen LogP contribution in [0.1, 0.15) is 11.1 Å². The summed E-state index contributed by atoms with van der Waals surface area (Å²) in [5.41, 5.74) is 10.3.